The van der Waals surface area contributed by atoms with E-state index in [1.807, 2.05) is 0 Å². The van der Waals surface area contributed by atoms with Crippen LogP contribution in [-0.2, 0) is 19.6 Å². The number of amides is 1. The first-order valence-electron chi connectivity index (χ1n) is 6.59. The van der Waals surface area contributed by atoms with Crippen molar-refractivity contribution in [2.45, 2.75) is 17.7 Å². The number of benzene rings is 1. The van der Waals surface area contributed by atoms with Crippen molar-refractivity contribution < 1.29 is 22.3 Å². The number of nitrogens with two attached hydrogens (primary N) is 1. The van der Waals surface area contributed by atoms with Gasteiger partial charge in [0, 0.05) is 24.8 Å². The van der Waals surface area contributed by atoms with Gasteiger partial charge < -0.3 is 10.5 Å². The molecule has 2 rings (SSSR count). The van der Waals surface area contributed by atoms with E-state index >= 15 is 0 Å². The zero-order chi connectivity index (χ0) is 16.4. The molecule has 0 radical (unpaired) electrons. The predicted octanol–water partition coefficient (Wildman–Crippen LogP) is 1.04. The van der Waals surface area contributed by atoms with Crippen molar-refractivity contribution in [2.24, 2.45) is 11.1 Å². The lowest BCUT2D eigenvalue weighted by molar-refractivity contribution is -0.132. The molecule has 0 saturated carbocycles. The van der Waals surface area contributed by atoms with E-state index in [0.29, 0.717) is 26.1 Å². The normalized spacial score (nSPS) is 18.1. The average Bonchev–Trinajstić information content (AvgIpc) is 2.48. The van der Waals surface area contributed by atoms with Crippen molar-refractivity contribution in [3.8, 4) is 0 Å². The maximum absolute atomic E-state index is 13.7. The summed E-state index contributed by atoms with van der Waals surface area (Å²) in [5.74, 6) is -1.53. The molecule has 3 N–H and O–H groups in total. The molecule has 0 bridgehead atoms. The second kappa shape index (κ2) is 6.49. The molecule has 0 spiro atoms. The van der Waals surface area contributed by atoms with E-state index in [1.54, 1.807) is 0 Å². The molecule has 0 aliphatic carbocycles. The lowest BCUT2D eigenvalue weighted by Crippen LogP contribution is -2.49. The fourth-order valence-corrected chi connectivity index (χ4v) is 3.73. The molecule has 6 nitrogen and oxygen atoms in total. The molecule has 1 aliphatic heterocycles. The third-order valence-corrected chi connectivity index (χ3v) is 5.41. The Morgan fingerprint density at radius 3 is 2.64 bits per heavy atom. The molecule has 0 atom stereocenters. The summed E-state index contributed by atoms with van der Waals surface area (Å²) in [6.07, 6.45) is 0.617. The first kappa shape index (κ1) is 17.1. The summed E-state index contributed by atoms with van der Waals surface area (Å²) in [4.78, 5) is 11.1. The number of carbonyl (C=O) groups is 1. The maximum atomic E-state index is 13.7. The van der Waals surface area contributed by atoms with Gasteiger partial charge in [0.25, 0.3) is 0 Å². The SMILES string of the molecule is NC(=O)C1(CNS(=O)(=O)c2cc(Cl)ccc2F)CCOCC1. The third kappa shape index (κ3) is 3.57. The molecular weight excluding hydrogens is 335 g/mol. The number of hydrogen-bond acceptors (Lipinski definition) is 4. The van der Waals surface area contributed by atoms with Gasteiger partial charge in [0.15, 0.2) is 0 Å². The van der Waals surface area contributed by atoms with Gasteiger partial charge in [-0.25, -0.2) is 17.5 Å². The highest BCUT2D eigenvalue weighted by Crippen LogP contribution is 2.30. The minimum Gasteiger partial charge on any atom is -0.381 e. The molecule has 22 heavy (non-hydrogen) atoms. The van der Waals surface area contributed by atoms with Crippen LogP contribution in [0.1, 0.15) is 12.8 Å². The number of rotatable bonds is 5. The molecule has 1 fully saturated rings. The summed E-state index contributed by atoms with van der Waals surface area (Å²) in [5.41, 5.74) is 4.37. The largest absolute Gasteiger partial charge is 0.381 e. The minimum atomic E-state index is -4.14. The molecule has 0 aromatic heterocycles. The summed E-state index contributed by atoms with van der Waals surface area (Å²) in [7, 11) is -4.14. The van der Waals surface area contributed by atoms with Crippen molar-refractivity contribution in [1.29, 1.82) is 0 Å². The monoisotopic (exact) mass is 350 g/mol. The van der Waals surface area contributed by atoms with E-state index in [9.17, 15) is 17.6 Å². The zero-order valence-corrected chi connectivity index (χ0v) is 13.2. The Balaban J connectivity index is 2.21. The molecule has 122 valence electrons. The second-order valence-electron chi connectivity index (χ2n) is 5.16. The van der Waals surface area contributed by atoms with Gasteiger partial charge in [-0.3, -0.25) is 4.79 Å². The molecule has 1 aromatic rings. The van der Waals surface area contributed by atoms with E-state index in [1.165, 1.54) is 6.07 Å². The van der Waals surface area contributed by atoms with Crippen LogP contribution in [0.5, 0.6) is 0 Å². The number of hydrogen-bond donors (Lipinski definition) is 2. The highest BCUT2D eigenvalue weighted by molar-refractivity contribution is 7.89. The standard InChI is InChI=1S/C13H16ClFN2O4S/c14-9-1-2-10(15)11(7-9)22(19,20)17-8-13(12(16)18)3-5-21-6-4-13/h1-2,7,17H,3-6,8H2,(H2,16,18). The summed E-state index contributed by atoms with van der Waals surface area (Å²) in [6.45, 7) is 0.423. The van der Waals surface area contributed by atoms with Gasteiger partial charge in [-0.2, -0.15) is 0 Å². The van der Waals surface area contributed by atoms with Crippen LogP contribution in [0.3, 0.4) is 0 Å². The van der Waals surface area contributed by atoms with Crippen LogP contribution < -0.4 is 10.5 Å². The van der Waals surface area contributed by atoms with Gasteiger partial charge in [0.2, 0.25) is 15.9 Å². The maximum Gasteiger partial charge on any atom is 0.243 e. The molecule has 1 aromatic carbocycles. The van der Waals surface area contributed by atoms with Crippen molar-refractivity contribution in [3.63, 3.8) is 0 Å². The minimum absolute atomic E-state index is 0.0949. The van der Waals surface area contributed by atoms with E-state index in [0.717, 1.165) is 12.1 Å². The lowest BCUT2D eigenvalue weighted by atomic mass is 9.80. The first-order chi connectivity index (χ1) is 10.3. The van der Waals surface area contributed by atoms with Crippen LogP contribution in [0.15, 0.2) is 23.1 Å². The smallest absolute Gasteiger partial charge is 0.243 e. The Bertz CT molecular complexity index is 675. The second-order valence-corrected chi connectivity index (χ2v) is 7.33. The van der Waals surface area contributed by atoms with Crippen LogP contribution in [0, 0.1) is 11.2 Å². The van der Waals surface area contributed by atoms with Crippen LogP contribution in [0.4, 0.5) is 4.39 Å². The Kier molecular flexibility index (Phi) is 5.06. The average molecular weight is 351 g/mol. The topological polar surface area (TPSA) is 98.5 Å². The van der Waals surface area contributed by atoms with E-state index in [2.05, 4.69) is 4.72 Å². The summed E-state index contributed by atoms with van der Waals surface area (Å²) in [5, 5.41) is 0.0949. The Hall–Kier alpha value is -1.22. The molecule has 1 saturated heterocycles. The molecular formula is C13H16ClFN2O4S. The van der Waals surface area contributed by atoms with E-state index in [4.69, 9.17) is 22.1 Å². The number of sulfonamides is 1. The van der Waals surface area contributed by atoms with Gasteiger partial charge in [-0.15, -0.1) is 0 Å². The van der Waals surface area contributed by atoms with Gasteiger partial charge in [0.1, 0.15) is 10.7 Å². The summed E-state index contributed by atoms with van der Waals surface area (Å²) < 4.78 is 45.6. The Morgan fingerprint density at radius 1 is 1.41 bits per heavy atom. The van der Waals surface area contributed by atoms with Crippen molar-refractivity contribution >= 4 is 27.5 Å². The van der Waals surface area contributed by atoms with Crippen LogP contribution in [-0.4, -0.2) is 34.1 Å². The van der Waals surface area contributed by atoms with Gasteiger partial charge in [0.05, 0.1) is 5.41 Å². The predicted molar refractivity (Wildman–Crippen MR) is 78.3 cm³/mol. The zero-order valence-electron chi connectivity index (χ0n) is 11.6. The first-order valence-corrected chi connectivity index (χ1v) is 8.45. The van der Waals surface area contributed by atoms with Crippen molar-refractivity contribution in [2.75, 3.05) is 19.8 Å². The summed E-state index contributed by atoms with van der Waals surface area (Å²) in [6, 6.07) is 3.23. The third-order valence-electron chi connectivity index (χ3n) is 3.76. The van der Waals surface area contributed by atoms with Gasteiger partial charge in [-0.05, 0) is 31.0 Å². The lowest BCUT2D eigenvalue weighted by Gasteiger charge is -2.34. The van der Waals surface area contributed by atoms with Gasteiger partial charge in [-0.1, -0.05) is 11.6 Å². The van der Waals surface area contributed by atoms with Gasteiger partial charge >= 0.3 is 0 Å². The number of halogens is 2. The van der Waals surface area contributed by atoms with Crippen molar-refractivity contribution in [1.82, 2.24) is 4.72 Å². The highest BCUT2D eigenvalue weighted by Gasteiger charge is 2.39. The Labute approximate surface area is 132 Å². The van der Waals surface area contributed by atoms with E-state index in [-0.39, 0.29) is 11.6 Å². The van der Waals surface area contributed by atoms with Crippen LogP contribution in [0.25, 0.3) is 0 Å². The number of primary amides is 1. The van der Waals surface area contributed by atoms with Crippen LogP contribution >= 0.6 is 11.6 Å². The van der Waals surface area contributed by atoms with E-state index < -0.39 is 32.1 Å². The highest BCUT2D eigenvalue weighted by atomic mass is 35.5. The molecule has 1 amide bonds. The molecule has 0 unspecified atom stereocenters. The number of carbonyl (C=O) groups excluding carboxylic acids is 1. The Morgan fingerprint density at radius 2 is 2.05 bits per heavy atom. The molecule has 9 heteroatoms. The molecule has 1 heterocycles. The molecule has 1 aliphatic rings. The fourth-order valence-electron chi connectivity index (χ4n) is 2.27. The fraction of sp³-hybridized carbons (Fsp3) is 0.462. The van der Waals surface area contributed by atoms with Crippen LogP contribution in [0.2, 0.25) is 5.02 Å². The van der Waals surface area contributed by atoms with Crippen molar-refractivity contribution in [3.05, 3.63) is 29.0 Å². The number of ether oxygens (including phenoxy) is 1. The quantitative estimate of drug-likeness (QED) is 0.828. The summed E-state index contributed by atoms with van der Waals surface area (Å²) >= 11 is 5.70. The number of nitrogens with one attached hydrogen (secondary N) is 1.